The molecule has 8 N–H and O–H groups in total. The fourth-order valence-electron chi connectivity index (χ4n) is 0.906. The van der Waals surface area contributed by atoms with Gasteiger partial charge in [0.05, 0.1) is 12.8 Å². The second-order valence-corrected chi connectivity index (χ2v) is 3.34. The highest BCUT2D eigenvalue weighted by Crippen LogP contribution is 2.03. The van der Waals surface area contributed by atoms with Crippen LogP contribution in [0.15, 0.2) is 10.2 Å². The monoisotopic (exact) mass is 281 g/mol. The zero-order valence-electron chi connectivity index (χ0n) is 9.57. The van der Waals surface area contributed by atoms with Gasteiger partial charge in [-0.05, 0) is 0 Å². The molecular weight excluding hydrogens is 266 g/mol. The molecule has 0 aliphatic rings. The molecule has 4 atom stereocenters. The fourth-order valence-corrected chi connectivity index (χ4v) is 0.906. The number of nitrogens with two attached hydrogens (primary N) is 1. The molecule has 12 nitrogen and oxygen atoms in total. The highest BCUT2D eigenvalue weighted by atomic mass is 16.7. The number of nitrogens with one attached hydrogen (secondary N) is 1. The third kappa shape index (κ3) is 6.58. The lowest BCUT2D eigenvalue weighted by molar-refractivity contribution is -0.525. The van der Waals surface area contributed by atoms with E-state index in [1.54, 1.807) is 0 Å². The topological polar surface area (TPSA) is 207 Å². The van der Waals surface area contributed by atoms with Gasteiger partial charge in [0.15, 0.2) is 5.03 Å². The van der Waals surface area contributed by atoms with E-state index in [2.05, 4.69) is 10.2 Å². The molecule has 0 spiro atoms. The summed E-state index contributed by atoms with van der Waals surface area (Å²) in [6.07, 6.45) is -6.41. The molecule has 0 aromatic rings. The quantitative estimate of drug-likeness (QED) is 0.104. The van der Waals surface area contributed by atoms with Gasteiger partial charge in [0, 0.05) is 0 Å². The van der Waals surface area contributed by atoms with Crippen LogP contribution in [0.2, 0.25) is 0 Å². The largest absolute Gasteiger partial charge is 0.394 e. The number of hydrogen-bond acceptors (Lipinski definition) is 9. The SMILES string of the molecule is N/C(=N\N=C\C(O)C(O)C(O)C(O)CO)N[N+](=O)[O-]. The molecule has 0 radical (unpaired) electrons. The van der Waals surface area contributed by atoms with Gasteiger partial charge in [0.2, 0.25) is 0 Å². The Morgan fingerprint density at radius 2 is 1.95 bits per heavy atom. The van der Waals surface area contributed by atoms with E-state index in [-0.39, 0.29) is 0 Å². The Morgan fingerprint density at radius 1 is 1.37 bits per heavy atom. The second kappa shape index (κ2) is 8.28. The molecule has 110 valence electrons. The lowest BCUT2D eigenvalue weighted by Crippen LogP contribution is -2.46. The molecule has 0 aromatic heterocycles. The van der Waals surface area contributed by atoms with Crippen molar-refractivity contribution in [2.75, 3.05) is 6.61 Å². The average molecular weight is 281 g/mol. The number of aliphatic hydroxyl groups is 5. The minimum Gasteiger partial charge on any atom is -0.394 e. The van der Waals surface area contributed by atoms with E-state index in [9.17, 15) is 25.4 Å². The number of hydrazine groups is 1. The lowest BCUT2D eigenvalue weighted by atomic mass is 10.0. The van der Waals surface area contributed by atoms with Crippen molar-refractivity contribution in [3.63, 3.8) is 0 Å². The molecule has 0 saturated carbocycles. The van der Waals surface area contributed by atoms with Crippen LogP contribution in [0.4, 0.5) is 0 Å². The van der Waals surface area contributed by atoms with E-state index in [0.717, 1.165) is 0 Å². The first-order chi connectivity index (χ1) is 8.79. The van der Waals surface area contributed by atoms with Crippen LogP contribution in [0.5, 0.6) is 0 Å². The molecule has 19 heavy (non-hydrogen) atoms. The molecule has 0 bridgehead atoms. The van der Waals surface area contributed by atoms with Crippen molar-refractivity contribution in [1.29, 1.82) is 0 Å². The van der Waals surface area contributed by atoms with E-state index >= 15 is 0 Å². The Hall–Kier alpha value is -1.86. The number of rotatable bonds is 7. The van der Waals surface area contributed by atoms with Crippen molar-refractivity contribution >= 4 is 12.2 Å². The maximum Gasteiger partial charge on any atom is 0.275 e. The van der Waals surface area contributed by atoms with Crippen molar-refractivity contribution in [2.45, 2.75) is 24.4 Å². The Bertz CT molecular complexity index is 349. The van der Waals surface area contributed by atoms with Gasteiger partial charge in [-0.2, -0.15) is 5.10 Å². The van der Waals surface area contributed by atoms with Gasteiger partial charge >= 0.3 is 0 Å². The first-order valence-electron chi connectivity index (χ1n) is 4.90. The molecule has 12 heteroatoms. The number of hydrogen-bond donors (Lipinski definition) is 7. The predicted molar refractivity (Wildman–Crippen MR) is 61.4 cm³/mol. The van der Waals surface area contributed by atoms with Crippen LogP contribution in [0, 0.1) is 10.1 Å². The first-order valence-corrected chi connectivity index (χ1v) is 4.90. The Morgan fingerprint density at radius 3 is 2.42 bits per heavy atom. The van der Waals surface area contributed by atoms with Crippen LogP contribution in [0.25, 0.3) is 0 Å². The third-order valence-corrected chi connectivity index (χ3v) is 1.87. The molecule has 0 amide bonds. The summed E-state index contributed by atoms with van der Waals surface area (Å²) in [5, 5.41) is 60.5. The van der Waals surface area contributed by atoms with Crippen LogP contribution in [-0.2, 0) is 0 Å². The van der Waals surface area contributed by atoms with Gasteiger partial charge < -0.3 is 31.3 Å². The summed E-state index contributed by atoms with van der Waals surface area (Å²) in [4.78, 5) is 9.92. The van der Waals surface area contributed by atoms with Crippen molar-refractivity contribution < 1.29 is 30.6 Å². The van der Waals surface area contributed by atoms with E-state index in [0.29, 0.717) is 6.21 Å². The van der Waals surface area contributed by atoms with Crippen LogP contribution in [0.1, 0.15) is 0 Å². The molecule has 0 saturated heterocycles. The highest BCUT2D eigenvalue weighted by Gasteiger charge is 2.29. The van der Waals surface area contributed by atoms with Gasteiger partial charge in [-0.25, -0.2) is 10.1 Å². The standard InChI is InChI=1S/C7H15N5O7/c8-7(11-12(18)19)10-9-1-3(14)5(16)6(17)4(15)2-13/h1,3-6,13-17H,2H2,(H3,8,10,11)/b9-1+. The molecular formula is C7H15N5O7. The smallest absolute Gasteiger partial charge is 0.275 e. The maximum absolute atomic E-state index is 9.92. The molecule has 0 fully saturated rings. The number of aliphatic hydroxyl groups excluding tert-OH is 5. The summed E-state index contributed by atoms with van der Waals surface area (Å²) < 4.78 is 0. The number of nitrogens with zero attached hydrogens (tertiary/aromatic N) is 3. The summed E-state index contributed by atoms with van der Waals surface area (Å²) in [5.41, 5.74) is 6.45. The van der Waals surface area contributed by atoms with Crippen molar-refractivity contribution in [2.24, 2.45) is 15.9 Å². The number of guanidine groups is 1. The predicted octanol–water partition coefficient (Wildman–Crippen LogP) is -4.50. The van der Waals surface area contributed by atoms with Crippen LogP contribution >= 0.6 is 0 Å². The molecule has 0 rings (SSSR count). The van der Waals surface area contributed by atoms with Gasteiger partial charge in [0.25, 0.3) is 5.96 Å². The van der Waals surface area contributed by atoms with Crippen molar-refractivity contribution in [3.8, 4) is 0 Å². The molecule has 0 aromatic carbocycles. The minimum absolute atomic E-state index is 0.631. The van der Waals surface area contributed by atoms with Gasteiger partial charge in [-0.1, -0.05) is 5.43 Å². The van der Waals surface area contributed by atoms with Crippen molar-refractivity contribution in [3.05, 3.63) is 10.1 Å². The van der Waals surface area contributed by atoms with E-state index in [1.165, 1.54) is 5.43 Å². The normalized spacial score (nSPS) is 18.9. The summed E-state index contributed by atoms with van der Waals surface area (Å²) in [6, 6.07) is 0. The van der Waals surface area contributed by atoms with Crippen LogP contribution in [0.3, 0.4) is 0 Å². The molecule has 0 aliphatic heterocycles. The second-order valence-electron chi connectivity index (χ2n) is 3.34. The van der Waals surface area contributed by atoms with Gasteiger partial charge in [-0.3, -0.25) is 0 Å². The van der Waals surface area contributed by atoms with Crippen LogP contribution in [-0.4, -0.2) is 73.8 Å². The Kier molecular flexibility index (Phi) is 7.47. The number of nitro groups is 1. The summed E-state index contributed by atoms with van der Waals surface area (Å²) >= 11 is 0. The molecule has 0 heterocycles. The van der Waals surface area contributed by atoms with Crippen molar-refractivity contribution in [1.82, 2.24) is 5.43 Å². The average Bonchev–Trinajstić information content (AvgIpc) is 2.34. The van der Waals surface area contributed by atoms with E-state index < -0.39 is 42.0 Å². The Labute approximate surface area is 106 Å². The third-order valence-electron chi connectivity index (χ3n) is 1.87. The van der Waals surface area contributed by atoms with Crippen LogP contribution < -0.4 is 11.2 Å². The van der Waals surface area contributed by atoms with E-state index in [1.807, 2.05) is 0 Å². The zero-order valence-corrected chi connectivity index (χ0v) is 9.57. The maximum atomic E-state index is 9.92. The molecule has 4 unspecified atom stereocenters. The van der Waals surface area contributed by atoms with E-state index in [4.69, 9.17) is 15.9 Å². The summed E-state index contributed by atoms with van der Waals surface area (Å²) in [5.74, 6) is -0.668. The first kappa shape index (κ1) is 17.1. The van der Waals surface area contributed by atoms with Gasteiger partial charge in [-0.15, -0.1) is 5.10 Å². The summed E-state index contributed by atoms with van der Waals surface area (Å²) in [7, 11) is 0. The minimum atomic E-state index is -1.84. The van der Waals surface area contributed by atoms with Gasteiger partial charge in [0.1, 0.15) is 24.4 Å². The molecule has 0 aliphatic carbocycles. The highest BCUT2D eigenvalue weighted by molar-refractivity contribution is 5.77. The summed E-state index contributed by atoms with van der Waals surface area (Å²) in [6.45, 7) is -0.819. The zero-order chi connectivity index (χ0) is 15.0. The lowest BCUT2D eigenvalue weighted by Gasteiger charge is -2.23. The fraction of sp³-hybridized carbons (Fsp3) is 0.714. The Balaban J connectivity index is 4.43.